The molecule has 0 spiro atoms. The van der Waals surface area contributed by atoms with Crippen molar-refractivity contribution in [2.24, 2.45) is 16.1 Å². The molecule has 0 aliphatic heterocycles. The molecule has 2 aromatic rings. The quantitative estimate of drug-likeness (QED) is 0.258. The Kier molecular flexibility index (Phi) is 6.56. The van der Waals surface area contributed by atoms with E-state index < -0.39 is 36.0 Å². The SMILES string of the molecule is NC(=O)/C=C/c1ccc2c(c1)CCC2N=NOCc1cc(C(F)(F)F)cc(C(F)(F)F)c1. The number of hydrogen-bond acceptors (Lipinski definition) is 4. The van der Waals surface area contributed by atoms with Gasteiger partial charge < -0.3 is 10.6 Å². The van der Waals surface area contributed by atoms with Crippen LogP contribution in [0.1, 0.15) is 45.8 Å². The zero-order valence-electron chi connectivity index (χ0n) is 16.4. The van der Waals surface area contributed by atoms with E-state index in [9.17, 15) is 31.1 Å². The molecule has 11 heteroatoms. The maximum atomic E-state index is 12.9. The van der Waals surface area contributed by atoms with Gasteiger partial charge in [-0.2, -0.15) is 26.3 Å². The summed E-state index contributed by atoms with van der Waals surface area (Å²) in [6, 6.07) is 6.28. The third-order valence-corrected chi connectivity index (χ3v) is 4.78. The fourth-order valence-corrected chi connectivity index (χ4v) is 3.31. The van der Waals surface area contributed by atoms with Gasteiger partial charge in [0.15, 0.2) is 0 Å². The molecule has 1 atom stereocenters. The van der Waals surface area contributed by atoms with Gasteiger partial charge in [0.25, 0.3) is 0 Å². The molecule has 2 N–H and O–H groups in total. The van der Waals surface area contributed by atoms with Crippen LogP contribution >= 0.6 is 0 Å². The number of nitrogens with two attached hydrogens (primary N) is 1. The van der Waals surface area contributed by atoms with E-state index in [1.54, 1.807) is 18.2 Å². The summed E-state index contributed by atoms with van der Waals surface area (Å²) in [5.41, 5.74) is 4.52. The van der Waals surface area contributed by atoms with Crippen LogP contribution in [0.5, 0.6) is 0 Å². The van der Waals surface area contributed by atoms with Crippen molar-refractivity contribution >= 4 is 12.0 Å². The highest BCUT2D eigenvalue weighted by molar-refractivity contribution is 5.90. The standard InChI is InChI=1S/C21H17F6N3O2/c22-20(23,24)15-8-13(9-16(10-15)21(25,26)27)11-32-30-29-18-5-3-14-7-12(1-4-17(14)18)2-6-19(28)31/h1-2,4,6-10,18H,3,5,11H2,(H2,28,31)/b6-2+,30-29?. The Balaban J connectivity index is 1.68. The zero-order chi connectivity index (χ0) is 23.5. The number of carbonyl (C=O) groups excluding carboxylic acids is 1. The Morgan fingerprint density at radius 2 is 1.72 bits per heavy atom. The van der Waals surface area contributed by atoms with Crippen LogP contribution in [0.15, 0.2) is 52.9 Å². The van der Waals surface area contributed by atoms with E-state index in [1.807, 2.05) is 6.07 Å². The summed E-state index contributed by atoms with van der Waals surface area (Å²) in [6.45, 7) is -0.604. The third kappa shape index (κ3) is 5.86. The van der Waals surface area contributed by atoms with Gasteiger partial charge >= 0.3 is 12.4 Å². The number of alkyl halides is 6. The van der Waals surface area contributed by atoms with Crippen LogP contribution in [0.3, 0.4) is 0 Å². The topological polar surface area (TPSA) is 77.0 Å². The lowest BCUT2D eigenvalue weighted by molar-refractivity contribution is -0.143. The molecule has 170 valence electrons. The maximum absolute atomic E-state index is 12.9. The number of aryl methyl sites for hydroxylation is 1. The molecule has 5 nitrogen and oxygen atoms in total. The summed E-state index contributed by atoms with van der Waals surface area (Å²) in [5, 5.41) is 7.49. The largest absolute Gasteiger partial charge is 0.416 e. The number of benzene rings is 2. The lowest BCUT2D eigenvalue weighted by atomic mass is 10.0. The molecule has 2 aromatic carbocycles. The number of amides is 1. The van der Waals surface area contributed by atoms with Crippen LogP contribution < -0.4 is 5.73 Å². The van der Waals surface area contributed by atoms with E-state index in [0.29, 0.717) is 25.0 Å². The smallest absolute Gasteiger partial charge is 0.375 e. The molecule has 32 heavy (non-hydrogen) atoms. The maximum Gasteiger partial charge on any atom is 0.416 e. The number of hydrogen-bond donors (Lipinski definition) is 1. The Hall–Kier alpha value is -3.37. The number of fused-ring (bicyclic) bond motifs is 1. The van der Waals surface area contributed by atoms with E-state index in [1.165, 1.54) is 6.08 Å². The number of nitrogens with zero attached hydrogens (tertiary/aromatic N) is 2. The highest BCUT2D eigenvalue weighted by Crippen LogP contribution is 2.37. The van der Waals surface area contributed by atoms with Crippen molar-refractivity contribution in [2.45, 2.75) is 37.8 Å². The first-order valence-electron chi connectivity index (χ1n) is 9.34. The highest BCUT2D eigenvalue weighted by atomic mass is 19.4. The van der Waals surface area contributed by atoms with Gasteiger partial charge in [-0.3, -0.25) is 4.79 Å². The Morgan fingerprint density at radius 1 is 1.06 bits per heavy atom. The molecule has 0 aromatic heterocycles. The Labute approximate surface area is 178 Å². The number of halogens is 6. The molecule has 3 rings (SSSR count). The second-order valence-electron chi connectivity index (χ2n) is 7.13. The van der Waals surface area contributed by atoms with Crippen molar-refractivity contribution in [1.29, 1.82) is 0 Å². The van der Waals surface area contributed by atoms with E-state index in [0.717, 1.165) is 16.7 Å². The molecule has 1 unspecified atom stereocenters. The lowest BCUT2D eigenvalue weighted by Crippen LogP contribution is -2.12. The number of rotatable bonds is 6. The summed E-state index contributed by atoms with van der Waals surface area (Å²) >= 11 is 0. The van der Waals surface area contributed by atoms with Crippen LogP contribution in [-0.4, -0.2) is 5.91 Å². The molecular formula is C21H17F6N3O2. The highest BCUT2D eigenvalue weighted by Gasteiger charge is 2.37. The summed E-state index contributed by atoms with van der Waals surface area (Å²) in [7, 11) is 0. The van der Waals surface area contributed by atoms with Gasteiger partial charge in [0.2, 0.25) is 5.91 Å². The first-order chi connectivity index (χ1) is 14.9. The van der Waals surface area contributed by atoms with Gasteiger partial charge in [-0.1, -0.05) is 18.2 Å². The summed E-state index contributed by atoms with van der Waals surface area (Å²) in [4.78, 5) is 15.7. The lowest BCUT2D eigenvalue weighted by Gasteiger charge is -2.13. The van der Waals surface area contributed by atoms with Crippen LogP contribution in [0.4, 0.5) is 26.3 Å². The van der Waals surface area contributed by atoms with Gasteiger partial charge in [-0.25, -0.2) is 0 Å². The van der Waals surface area contributed by atoms with Gasteiger partial charge in [-0.15, -0.1) is 5.11 Å². The monoisotopic (exact) mass is 457 g/mol. The predicted octanol–water partition coefficient (Wildman–Crippen LogP) is 5.79. The second-order valence-corrected chi connectivity index (χ2v) is 7.13. The minimum atomic E-state index is -4.93. The molecule has 0 bridgehead atoms. The van der Waals surface area contributed by atoms with Crippen LogP contribution in [-0.2, 0) is 35.0 Å². The zero-order valence-corrected chi connectivity index (χ0v) is 16.4. The van der Waals surface area contributed by atoms with E-state index in [2.05, 4.69) is 10.4 Å². The first-order valence-corrected chi connectivity index (χ1v) is 9.34. The molecule has 1 aliphatic rings. The van der Waals surface area contributed by atoms with E-state index in [4.69, 9.17) is 10.6 Å². The van der Waals surface area contributed by atoms with Crippen LogP contribution in [0, 0.1) is 0 Å². The van der Waals surface area contributed by atoms with Crippen molar-refractivity contribution in [3.8, 4) is 0 Å². The predicted molar refractivity (Wildman–Crippen MR) is 102 cm³/mol. The van der Waals surface area contributed by atoms with Crippen molar-refractivity contribution in [3.05, 3.63) is 75.9 Å². The van der Waals surface area contributed by atoms with Gasteiger partial charge in [0.1, 0.15) is 6.61 Å². The van der Waals surface area contributed by atoms with Crippen molar-refractivity contribution < 1.29 is 36.0 Å². The molecular weight excluding hydrogens is 440 g/mol. The molecule has 1 aliphatic carbocycles. The van der Waals surface area contributed by atoms with Crippen LogP contribution in [0.2, 0.25) is 0 Å². The van der Waals surface area contributed by atoms with Crippen molar-refractivity contribution in [3.63, 3.8) is 0 Å². The Bertz CT molecular complexity index is 1030. The Morgan fingerprint density at radius 3 is 2.31 bits per heavy atom. The van der Waals surface area contributed by atoms with Gasteiger partial charge in [0.05, 0.1) is 17.2 Å². The molecule has 0 fully saturated rings. The van der Waals surface area contributed by atoms with E-state index in [-0.39, 0.29) is 17.7 Å². The fraction of sp³-hybridized carbons (Fsp3) is 0.286. The molecule has 0 saturated carbocycles. The summed E-state index contributed by atoms with van der Waals surface area (Å²) in [5.74, 6) is -0.572. The molecule has 0 radical (unpaired) electrons. The average Bonchev–Trinajstić information content (AvgIpc) is 3.10. The van der Waals surface area contributed by atoms with Crippen molar-refractivity contribution in [1.82, 2.24) is 0 Å². The van der Waals surface area contributed by atoms with Crippen molar-refractivity contribution in [2.75, 3.05) is 0 Å². The third-order valence-electron chi connectivity index (χ3n) is 4.78. The van der Waals surface area contributed by atoms with Gasteiger partial charge in [-0.05, 0) is 59.4 Å². The second kappa shape index (κ2) is 9.01. The molecule has 0 heterocycles. The summed E-state index contributed by atoms with van der Waals surface area (Å²) in [6.07, 6.45) is -5.77. The number of carbonyl (C=O) groups is 1. The number of primary amides is 1. The normalized spacial score (nSPS) is 16.6. The van der Waals surface area contributed by atoms with Gasteiger partial charge in [0, 0.05) is 11.4 Å². The van der Waals surface area contributed by atoms with Crippen LogP contribution in [0.25, 0.3) is 6.08 Å². The fourth-order valence-electron chi connectivity index (χ4n) is 3.31. The first kappa shape index (κ1) is 23.3. The van der Waals surface area contributed by atoms with E-state index >= 15 is 0 Å². The minimum Gasteiger partial charge on any atom is -0.375 e. The molecule has 1 amide bonds. The summed E-state index contributed by atoms with van der Waals surface area (Å²) < 4.78 is 77.5. The average molecular weight is 457 g/mol. The minimum absolute atomic E-state index is 0.0490. The molecule has 0 saturated heterocycles.